The van der Waals surface area contributed by atoms with Gasteiger partial charge in [-0.2, -0.15) is 0 Å². The summed E-state index contributed by atoms with van der Waals surface area (Å²) >= 11 is 0. The monoisotopic (exact) mass is 240 g/mol. The number of carboxylic acids is 1. The van der Waals surface area contributed by atoms with Crippen LogP contribution in [0.25, 0.3) is 22.0 Å². The Hall–Kier alpha value is -2.69. The van der Waals surface area contributed by atoms with Crippen LogP contribution in [0.5, 0.6) is 0 Å². The number of pyridine rings is 1. The van der Waals surface area contributed by atoms with Crippen LogP contribution in [-0.2, 0) is 0 Å². The van der Waals surface area contributed by atoms with Crippen molar-refractivity contribution in [3.8, 4) is 11.1 Å². The molecule has 0 radical (unpaired) electrons. The van der Waals surface area contributed by atoms with Gasteiger partial charge >= 0.3 is 5.97 Å². The van der Waals surface area contributed by atoms with Crippen LogP contribution in [0, 0.1) is 0 Å². The zero-order valence-corrected chi connectivity index (χ0v) is 9.20. The molecule has 5 heteroatoms. The standard InChI is InChI=1S/C13H8N2O3/c16-13(17)11-6-14-4-3-10(11)8-1-2-12-9(5-8)7-18-15-12/h1-7H,(H,16,17). The molecule has 2 heterocycles. The molecule has 0 aliphatic carbocycles. The number of nitrogens with zero attached hydrogens (tertiary/aromatic N) is 2. The number of aromatic carboxylic acids is 1. The molecule has 0 amide bonds. The Morgan fingerprint density at radius 3 is 3.00 bits per heavy atom. The molecule has 0 saturated carbocycles. The first-order valence-corrected chi connectivity index (χ1v) is 5.27. The Bertz CT molecular complexity index is 734. The highest BCUT2D eigenvalue weighted by atomic mass is 16.5. The lowest BCUT2D eigenvalue weighted by Crippen LogP contribution is -2.00. The fourth-order valence-corrected chi connectivity index (χ4v) is 1.86. The van der Waals surface area contributed by atoms with E-state index >= 15 is 0 Å². The van der Waals surface area contributed by atoms with Gasteiger partial charge in [0.15, 0.2) is 0 Å². The minimum Gasteiger partial charge on any atom is -0.478 e. The number of aromatic nitrogens is 2. The smallest absolute Gasteiger partial charge is 0.337 e. The van der Waals surface area contributed by atoms with E-state index in [1.807, 2.05) is 12.1 Å². The molecule has 3 aromatic rings. The predicted octanol–water partition coefficient (Wildman–Crippen LogP) is 2.59. The van der Waals surface area contributed by atoms with Crippen LogP contribution in [0.4, 0.5) is 0 Å². The van der Waals surface area contributed by atoms with Gasteiger partial charge in [-0.3, -0.25) is 4.98 Å². The lowest BCUT2D eigenvalue weighted by Gasteiger charge is -2.05. The van der Waals surface area contributed by atoms with Crippen LogP contribution in [-0.4, -0.2) is 21.2 Å². The lowest BCUT2D eigenvalue weighted by atomic mass is 10.0. The zero-order chi connectivity index (χ0) is 12.5. The predicted molar refractivity (Wildman–Crippen MR) is 64.2 cm³/mol. The molecular formula is C13H8N2O3. The van der Waals surface area contributed by atoms with Gasteiger partial charge < -0.3 is 9.63 Å². The average Bonchev–Trinajstić information content (AvgIpc) is 2.85. The Kier molecular flexibility index (Phi) is 2.30. The normalized spacial score (nSPS) is 10.7. The number of rotatable bonds is 2. The van der Waals surface area contributed by atoms with Crippen LogP contribution in [0.3, 0.4) is 0 Å². The van der Waals surface area contributed by atoms with Gasteiger partial charge in [0.2, 0.25) is 0 Å². The molecule has 0 unspecified atom stereocenters. The third-order valence-corrected chi connectivity index (χ3v) is 2.72. The Labute approximate surface area is 102 Å². The Morgan fingerprint density at radius 2 is 2.17 bits per heavy atom. The molecule has 0 bridgehead atoms. The molecule has 3 rings (SSSR count). The fourth-order valence-electron chi connectivity index (χ4n) is 1.86. The minimum atomic E-state index is -0.997. The second-order valence-corrected chi connectivity index (χ2v) is 3.81. The van der Waals surface area contributed by atoms with E-state index in [1.165, 1.54) is 12.5 Å². The molecule has 0 aliphatic heterocycles. The average molecular weight is 240 g/mol. The molecule has 0 atom stereocenters. The summed E-state index contributed by atoms with van der Waals surface area (Å²) < 4.78 is 4.85. The van der Waals surface area contributed by atoms with Crippen LogP contribution < -0.4 is 0 Å². The maximum absolute atomic E-state index is 11.1. The molecule has 0 spiro atoms. The van der Waals surface area contributed by atoms with E-state index in [-0.39, 0.29) is 5.56 Å². The van der Waals surface area contributed by atoms with E-state index in [2.05, 4.69) is 10.1 Å². The Morgan fingerprint density at radius 1 is 1.28 bits per heavy atom. The summed E-state index contributed by atoms with van der Waals surface area (Å²) in [6.45, 7) is 0. The molecule has 2 aromatic heterocycles. The van der Waals surface area contributed by atoms with Crippen molar-refractivity contribution in [3.05, 3.63) is 48.5 Å². The minimum absolute atomic E-state index is 0.174. The molecule has 1 N–H and O–H groups in total. The van der Waals surface area contributed by atoms with Crippen molar-refractivity contribution in [1.82, 2.24) is 10.1 Å². The third kappa shape index (κ3) is 1.62. The van der Waals surface area contributed by atoms with Crippen LogP contribution in [0.2, 0.25) is 0 Å². The molecule has 1 aromatic carbocycles. The number of benzene rings is 1. The topological polar surface area (TPSA) is 76.2 Å². The summed E-state index contributed by atoms with van der Waals surface area (Å²) in [6, 6.07) is 7.12. The highest BCUT2D eigenvalue weighted by molar-refractivity contribution is 5.97. The number of carboxylic acid groups (broad SMARTS) is 1. The first-order valence-electron chi connectivity index (χ1n) is 5.27. The van der Waals surface area contributed by atoms with Crippen molar-refractivity contribution in [2.75, 3.05) is 0 Å². The molecule has 0 saturated heterocycles. The van der Waals surface area contributed by atoms with E-state index in [0.29, 0.717) is 5.56 Å². The summed E-state index contributed by atoms with van der Waals surface area (Å²) in [5.41, 5.74) is 2.34. The fraction of sp³-hybridized carbons (Fsp3) is 0. The maximum atomic E-state index is 11.1. The third-order valence-electron chi connectivity index (χ3n) is 2.72. The van der Waals surface area contributed by atoms with Gasteiger partial charge in [0.1, 0.15) is 11.8 Å². The van der Waals surface area contributed by atoms with Crippen molar-refractivity contribution in [2.24, 2.45) is 0 Å². The number of carbonyl (C=O) groups is 1. The summed E-state index contributed by atoms with van der Waals surface area (Å²) in [5.74, 6) is -0.997. The maximum Gasteiger partial charge on any atom is 0.337 e. The Balaban J connectivity index is 2.22. The summed E-state index contributed by atoms with van der Waals surface area (Å²) in [7, 11) is 0. The highest BCUT2D eigenvalue weighted by Crippen LogP contribution is 2.26. The van der Waals surface area contributed by atoms with Gasteiger partial charge in [-0.05, 0) is 29.3 Å². The first kappa shape index (κ1) is 10.5. The number of hydrogen-bond acceptors (Lipinski definition) is 4. The SMILES string of the molecule is O=C(O)c1cnccc1-c1ccc2nocc2c1. The highest BCUT2D eigenvalue weighted by Gasteiger charge is 2.12. The van der Waals surface area contributed by atoms with Crippen molar-refractivity contribution < 1.29 is 14.4 Å². The molecule has 18 heavy (non-hydrogen) atoms. The van der Waals surface area contributed by atoms with E-state index in [9.17, 15) is 4.79 Å². The van der Waals surface area contributed by atoms with Crippen molar-refractivity contribution in [3.63, 3.8) is 0 Å². The number of fused-ring (bicyclic) bond motifs is 1. The molecule has 0 fully saturated rings. The molecule has 0 aliphatic rings. The van der Waals surface area contributed by atoms with E-state index in [1.54, 1.807) is 18.3 Å². The van der Waals surface area contributed by atoms with Crippen molar-refractivity contribution >= 4 is 16.9 Å². The van der Waals surface area contributed by atoms with Gasteiger partial charge in [0.05, 0.1) is 5.56 Å². The van der Waals surface area contributed by atoms with Crippen molar-refractivity contribution in [1.29, 1.82) is 0 Å². The summed E-state index contributed by atoms with van der Waals surface area (Å²) in [6.07, 6.45) is 4.44. The number of hydrogen-bond donors (Lipinski definition) is 1. The second kappa shape index (κ2) is 3.96. The molecule has 5 nitrogen and oxygen atoms in total. The van der Waals surface area contributed by atoms with E-state index in [0.717, 1.165) is 16.5 Å². The van der Waals surface area contributed by atoms with Gasteiger partial charge in [0, 0.05) is 17.8 Å². The summed E-state index contributed by atoms with van der Waals surface area (Å²) in [4.78, 5) is 15.0. The van der Waals surface area contributed by atoms with Gasteiger partial charge in [-0.1, -0.05) is 11.2 Å². The summed E-state index contributed by atoms with van der Waals surface area (Å²) in [5, 5.41) is 13.8. The largest absolute Gasteiger partial charge is 0.478 e. The van der Waals surface area contributed by atoms with Gasteiger partial charge in [-0.15, -0.1) is 0 Å². The second-order valence-electron chi connectivity index (χ2n) is 3.81. The molecule has 88 valence electrons. The van der Waals surface area contributed by atoms with E-state index in [4.69, 9.17) is 9.63 Å². The van der Waals surface area contributed by atoms with Crippen LogP contribution >= 0.6 is 0 Å². The quantitative estimate of drug-likeness (QED) is 0.745. The van der Waals surface area contributed by atoms with Crippen LogP contribution in [0.1, 0.15) is 10.4 Å². The first-order chi connectivity index (χ1) is 8.75. The van der Waals surface area contributed by atoms with Crippen molar-refractivity contribution in [2.45, 2.75) is 0 Å². The van der Waals surface area contributed by atoms with E-state index < -0.39 is 5.97 Å². The molecular weight excluding hydrogens is 232 g/mol. The van der Waals surface area contributed by atoms with Crippen LogP contribution in [0.15, 0.2) is 47.4 Å². The zero-order valence-electron chi connectivity index (χ0n) is 9.20. The van der Waals surface area contributed by atoms with Gasteiger partial charge in [0.25, 0.3) is 0 Å². The van der Waals surface area contributed by atoms with Gasteiger partial charge in [-0.25, -0.2) is 4.79 Å². The lowest BCUT2D eigenvalue weighted by molar-refractivity contribution is 0.0697.